The minimum atomic E-state index is -0.183. The quantitative estimate of drug-likeness (QED) is 0.437. The summed E-state index contributed by atoms with van der Waals surface area (Å²) in [5.41, 5.74) is 12.2. The van der Waals surface area contributed by atoms with Crippen molar-refractivity contribution in [2.24, 2.45) is 0 Å². The first-order chi connectivity index (χ1) is 17.0. The Kier molecular flexibility index (Phi) is 5.40. The highest BCUT2D eigenvalue weighted by Gasteiger charge is 2.36. The monoisotopic (exact) mass is 470 g/mol. The van der Waals surface area contributed by atoms with E-state index in [1.165, 1.54) is 36.5 Å². The molecule has 0 saturated carbocycles. The minimum Gasteiger partial charge on any atom is -0.319 e. The van der Waals surface area contributed by atoms with E-state index in [1.54, 1.807) is 4.68 Å². The van der Waals surface area contributed by atoms with Crippen LogP contribution in [0.25, 0.3) is 28.0 Å². The number of hydrogen-bond acceptors (Lipinski definition) is 5. The lowest BCUT2D eigenvalue weighted by molar-refractivity contribution is -0.516. The fraction of sp³-hybridized carbons (Fsp3) is 0.407. The molecule has 2 aliphatic heterocycles. The Labute approximate surface area is 204 Å². The maximum atomic E-state index is 13.5. The highest BCUT2D eigenvalue weighted by molar-refractivity contribution is 5.88. The summed E-state index contributed by atoms with van der Waals surface area (Å²) in [4.78, 5) is 25.4. The lowest BCUT2D eigenvalue weighted by atomic mass is 9.99. The number of hydrogen-bond donors (Lipinski definition) is 2. The number of aryl methyl sites for hydroxylation is 2. The Morgan fingerprint density at radius 2 is 1.66 bits per heavy atom. The summed E-state index contributed by atoms with van der Waals surface area (Å²) in [7, 11) is 0. The highest BCUT2D eigenvalue weighted by Crippen LogP contribution is 2.35. The molecule has 180 valence electrons. The summed E-state index contributed by atoms with van der Waals surface area (Å²) in [6.45, 7) is 5.43. The molecule has 6 rings (SSSR count). The van der Waals surface area contributed by atoms with Gasteiger partial charge in [-0.15, -0.1) is 9.38 Å². The average molecular weight is 471 g/mol. The SMILES string of the molecule is Cc1cc(-c2c(-c3ccccc3)nc(N)[n+]3c(=O)n(CCN4C5CCCC4CC5)[nH]c23)cc(C)n1. The van der Waals surface area contributed by atoms with Crippen LogP contribution in [0.5, 0.6) is 0 Å². The third-order valence-electron chi connectivity index (χ3n) is 7.66. The van der Waals surface area contributed by atoms with Crippen LogP contribution >= 0.6 is 0 Å². The van der Waals surface area contributed by atoms with Gasteiger partial charge in [0.1, 0.15) is 5.69 Å². The van der Waals surface area contributed by atoms with Crippen LogP contribution in [0, 0.1) is 13.8 Å². The lowest BCUT2D eigenvalue weighted by Gasteiger charge is -2.34. The van der Waals surface area contributed by atoms with Crippen LogP contribution in [0.2, 0.25) is 0 Å². The van der Waals surface area contributed by atoms with Crippen molar-refractivity contribution < 1.29 is 4.40 Å². The third kappa shape index (κ3) is 3.82. The topological polar surface area (TPSA) is 96.9 Å². The number of anilines is 1. The van der Waals surface area contributed by atoms with E-state index in [-0.39, 0.29) is 11.6 Å². The van der Waals surface area contributed by atoms with Crippen molar-refractivity contribution in [3.8, 4) is 22.4 Å². The van der Waals surface area contributed by atoms with Crippen molar-refractivity contribution >= 4 is 11.6 Å². The van der Waals surface area contributed by atoms with Gasteiger partial charge in [-0.1, -0.05) is 36.8 Å². The highest BCUT2D eigenvalue weighted by atomic mass is 16.2. The Hall–Kier alpha value is -3.52. The Morgan fingerprint density at radius 3 is 2.34 bits per heavy atom. The van der Waals surface area contributed by atoms with E-state index in [0.29, 0.717) is 24.3 Å². The molecule has 2 atom stereocenters. The molecule has 2 bridgehead atoms. The summed E-state index contributed by atoms with van der Waals surface area (Å²) in [6, 6.07) is 15.4. The van der Waals surface area contributed by atoms with Gasteiger partial charge in [0.2, 0.25) is 5.65 Å². The van der Waals surface area contributed by atoms with Crippen LogP contribution in [-0.2, 0) is 6.54 Å². The van der Waals surface area contributed by atoms with Crippen LogP contribution in [0.4, 0.5) is 5.95 Å². The molecule has 4 aromatic rings. The van der Waals surface area contributed by atoms with Crippen LogP contribution < -0.4 is 15.8 Å². The molecule has 2 unspecified atom stereocenters. The molecule has 8 heteroatoms. The second kappa shape index (κ2) is 8.61. The third-order valence-corrected chi connectivity index (χ3v) is 7.66. The number of rotatable bonds is 5. The molecule has 3 N–H and O–H groups in total. The summed E-state index contributed by atoms with van der Waals surface area (Å²) < 4.78 is 3.21. The molecular formula is C27H32N7O+. The van der Waals surface area contributed by atoms with E-state index in [9.17, 15) is 4.79 Å². The number of nitrogens with zero attached hydrogens (tertiary/aromatic N) is 5. The number of fused-ring (bicyclic) bond motifs is 3. The number of benzene rings is 1. The fourth-order valence-corrected chi connectivity index (χ4v) is 6.17. The second-order valence-electron chi connectivity index (χ2n) is 9.98. The first-order valence-corrected chi connectivity index (χ1v) is 12.6. The largest absolute Gasteiger partial charge is 0.428 e. The number of H-pyrrole nitrogens is 1. The smallest absolute Gasteiger partial charge is 0.319 e. The minimum absolute atomic E-state index is 0.183. The predicted molar refractivity (Wildman–Crippen MR) is 136 cm³/mol. The molecule has 5 heterocycles. The molecule has 0 spiro atoms. The van der Waals surface area contributed by atoms with Crippen LogP contribution in [0.15, 0.2) is 47.3 Å². The number of pyridine rings is 1. The van der Waals surface area contributed by atoms with Crippen molar-refractivity contribution in [3.63, 3.8) is 0 Å². The first-order valence-electron chi connectivity index (χ1n) is 12.6. The zero-order valence-corrected chi connectivity index (χ0v) is 20.4. The van der Waals surface area contributed by atoms with Gasteiger partial charge in [-0.2, -0.15) is 4.68 Å². The fourth-order valence-electron chi connectivity index (χ4n) is 6.17. The van der Waals surface area contributed by atoms with Gasteiger partial charge >= 0.3 is 11.6 Å². The average Bonchev–Trinajstić information content (AvgIpc) is 3.27. The van der Waals surface area contributed by atoms with Gasteiger partial charge in [0.25, 0.3) is 0 Å². The molecule has 35 heavy (non-hydrogen) atoms. The van der Waals surface area contributed by atoms with Crippen molar-refractivity contribution in [3.05, 3.63) is 64.3 Å². The standard InChI is InChI=1S/C27H31N7O/c1-17-15-20(16-18(2)29-17)23-24(19-7-4-3-5-8-19)30-26(28)34-25(23)31-33(27(34)35)14-13-32-21-9-6-10-22(32)12-11-21/h3-5,7-8,15-16,21-22H,6,9-14H2,1-2H3,(H2,28,29,30,31)/p+1. The van der Waals surface area contributed by atoms with Crippen LogP contribution in [0.3, 0.4) is 0 Å². The zero-order chi connectivity index (χ0) is 24.1. The molecule has 0 radical (unpaired) electrons. The molecule has 2 aliphatic rings. The van der Waals surface area contributed by atoms with Gasteiger partial charge in [0.05, 0.1) is 12.1 Å². The second-order valence-corrected chi connectivity index (χ2v) is 9.98. The Morgan fingerprint density at radius 1 is 0.971 bits per heavy atom. The molecule has 1 aromatic carbocycles. The van der Waals surface area contributed by atoms with Crippen molar-refractivity contribution in [2.45, 2.75) is 64.6 Å². The van der Waals surface area contributed by atoms with Gasteiger partial charge in [0, 0.05) is 35.6 Å². The van der Waals surface area contributed by atoms with Gasteiger partial charge < -0.3 is 5.73 Å². The Bertz CT molecular complexity index is 1420. The van der Waals surface area contributed by atoms with Gasteiger partial charge in [-0.25, -0.2) is 9.89 Å². The zero-order valence-electron chi connectivity index (χ0n) is 20.4. The first kappa shape index (κ1) is 22.0. The molecule has 2 fully saturated rings. The molecular weight excluding hydrogens is 438 g/mol. The molecule has 8 nitrogen and oxygen atoms in total. The van der Waals surface area contributed by atoms with Gasteiger partial charge in [0.15, 0.2) is 0 Å². The number of nitrogen functional groups attached to an aromatic ring is 1. The van der Waals surface area contributed by atoms with E-state index in [1.807, 2.05) is 56.3 Å². The Balaban J connectivity index is 1.50. The number of nitrogens with one attached hydrogen (secondary N) is 1. The molecule has 0 amide bonds. The van der Waals surface area contributed by atoms with Crippen LogP contribution in [0.1, 0.15) is 43.5 Å². The molecule has 0 aliphatic carbocycles. The number of aromatic nitrogens is 5. The van der Waals surface area contributed by atoms with Crippen molar-refractivity contribution in [1.82, 2.24) is 24.6 Å². The van der Waals surface area contributed by atoms with Crippen molar-refractivity contribution in [1.29, 1.82) is 0 Å². The number of nitrogens with two attached hydrogens (primary N) is 1. The predicted octanol–water partition coefficient (Wildman–Crippen LogP) is 3.26. The maximum absolute atomic E-state index is 13.5. The van der Waals surface area contributed by atoms with E-state index in [0.717, 1.165) is 40.3 Å². The number of aromatic amines is 1. The summed E-state index contributed by atoms with van der Waals surface area (Å²) in [5.74, 6) is 0.183. The van der Waals surface area contributed by atoms with E-state index < -0.39 is 0 Å². The number of piperidine rings is 1. The van der Waals surface area contributed by atoms with Crippen molar-refractivity contribution in [2.75, 3.05) is 12.3 Å². The van der Waals surface area contributed by atoms with E-state index in [4.69, 9.17) is 10.7 Å². The molecule has 2 saturated heterocycles. The summed E-state index contributed by atoms with van der Waals surface area (Å²) in [6.07, 6.45) is 6.43. The van der Waals surface area contributed by atoms with Crippen LogP contribution in [-0.4, -0.2) is 43.3 Å². The normalized spacial score (nSPS) is 20.1. The summed E-state index contributed by atoms with van der Waals surface area (Å²) in [5, 5.41) is 3.41. The maximum Gasteiger partial charge on any atom is 0.428 e. The van der Waals surface area contributed by atoms with Gasteiger partial charge in [-0.05, 0) is 57.2 Å². The lowest BCUT2D eigenvalue weighted by Crippen LogP contribution is -2.46. The molecule has 3 aromatic heterocycles. The van der Waals surface area contributed by atoms with Gasteiger partial charge in [-0.3, -0.25) is 9.88 Å². The van der Waals surface area contributed by atoms with E-state index >= 15 is 0 Å². The summed E-state index contributed by atoms with van der Waals surface area (Å²) >= 11 is 0. The van der Waals surface area contributed by atoms with E-state index in [2.05, 4.69) is 15.0 Å².